The van der Waals surface area contributed by atoms with Crippen LogP contribution in [0.3, 0.4) is 0 Å². The summed E-state index contributed by atoms with van der Waals surface area (Å²) in [5.41, 5.74) is 0. The third-order valence-corrected chi connectivity index (χ3v) is 2.35. The van der Waals surface area contributed by atoms with Crippen LogP contribution in [0, 0.1) is 5.92 Å². The van der Waals surface area contributed by atoms with Crippen LogP contribution in [-0.2, 0) is 9.53 Å². The zero-order valence-electron chi connectivity index (χ0n) is 10.3. The molecule has 0 rings (SSSR count). The summed E-state index contributed by atoms with van der Waals surface area (Å²) in [6, 6.07) is 0. The van der Waals surface area contributed by atoms with E-state index in [2.05, 4.69) is 0 Å². The largest absolute Gasteiger partial charge is 0.457 e. The third kappa shape index (κ3) is 4.47. The van der Waals surface area contributed by atoms with Crippen molar-refractivity contribution >= 4 is 5.97 Å². The van der Waals surface area contributed by atoms with Gasteiger partial charge >= 0.3 is 5.97 Å². The Morgan fingerprint density at radius 2 is 1.69 bits per heavy atom. The van der Waals surface area contributed by atoms with Crippen LogP contribution in [0.4, 0.5) is 0 Å². The Hall–Kier alpha value is -0.650. The van der Waals surface area contributed by atoms with Crippen molar-refractivity contribution in [1.82, 2.24) is 0 Å². The second-order valence-electron chi connectivity index (χ2n) is 4.26. The lowest BCUT2D eigenvalue weighted by atomic mass is 10.0. The van der Waals surface area contributed by atoms with E-state index in [-0.39, 0.29) is 5.92 Å². The lowest BCUT2D eigenvalue weighted by molar-refractivity contribution is -0.174. The fraction of sp³-hybridized carbons (Fsp3) is 0.909. The maximum absolute atomic E-state index is 11.3. The molecule has 5 nitrogen and oxygen atoms in total. The van der Waals surface area contributed by atoms with Gasteiger partial charge in [0.05, 0.1) is 18.1 Å². The van der Waals surface area contributed by atoms with Crippen molar-refractivity contribution in [3.8, 4) is 0 Å². The minimum absolute atomic E-state index is 0.323. The van der Waals surface area contributed by atoms with Crippen molar-refractivity contribution in [3.05, 3.63) is 0 Å². The van der Waals surface area contributed by atoms with Crippen LogP contribution in [0.1, 0.15) is 34.1 Å². The molecule has 0 aromatic rings. The summed E-state index contributed by atoms with van der Waals surface area (Å²) in [5, 5.41) is 28.5. The predicted molar refractivity (Wildman–Crippen MR) is 58.7 cm³/mol. The van der Waals surface area contributed by atoms with Gasteiger partial charge in [-0.25, -0.2) is 0 Å². The van der Waals surface area contributed by atoms with Crippen LogP contribution in [0.25, 0.3) is 0 Å². The standard InChI is InChI=1S/C11H22O5/c1-5-8(13)9(14)10(7(4)12)16-11(15)6(2)3/h6-10,12-14H,5H2,1-4H3. The maximum Gasteiger partial charge on any atom is 0.308 e. The summed E-state index contributed by atoms with van der Waals surface area (Å²) >= 11 is 0. The monoisotopic (exact) mass is 234 g/mol. The Morgan fingerprint density at radius 1 is 1.19 bits per heavy atom. The highest BCUT2D eigenvalue weighted by Crippen LogP contribution is 2.13. The molecule has 0 amide bonds. The van der Waals surface area contributed by atoms with E-state index >= 15 is 0 Å². The van der Waals surface area contributed by atoms with Crippen LogP contribution >= 0.6 is 0 Å². The summed E-state index contributed by atoms with van der Waals surface area (Å²) in [4.78, 5) is 11.3. The number of aliphatic hydroxyl groups is 3. The van der Waals surface area contributed by atoms with E-state index in [0.29, 0.717) is 6.42 Å². The molecule has 0 saturated heterocycles. The van der Waals surface area contributed by atoms with Crippen molar-refractivity contribution in [1.29, 1.82) is 0 Å². The molecule has 4 atom stereocenters. The van der Waals surface area contributed by atoms with Crippen LogP contribution in [-0.4, -0.2) is 45.7 Å². The number of hydrogen-bond donors (Lipinski definition) is 3. The summed E-state index contributed by atoms with van der Waals surface area (Å²) in [5.74, 6) is -0.847. The van der Waals surface area contributed by atoms with E-state index < -0.39 is 30.4 Å². The Bertz CT molecular complexity index is 214. The molecular weight excluding hydrogens is 212 g/mol. The fourth-order valence-corrected chi connectivity index (χ4v) is 1.18. The first kappa shape index (κ1) is 15.3. The zero-order chi connectivity index (χ0) is 12.9. The Morgan fingerprint density at radius 3 is 2.00 bits per heavy atom. The average molecular weight is 234 g/mol. The van der Waals surface area contributed by atoms with Crippen molar-refractivity contribution in [2.24, 2.45) is 5.92 Å². The fourth-order valence-electron chi connectivity index (χ4n) is 1.18. The van der Waals surface area contributed by atoms with Crippen molar-refractivity contribution in [2.75, 3.05) is 0 Å². The third-order valence-electron chi connectivity index (χ3n) is 2.35. The molecule has 5 heteroatoms. The molecule has 3 N–H and O–H groups in total. The maximum atomic E-state index is 11.3. The van der Waals surface area contributed by atoms with Crippen molar-refractivity contribution < 1.29 is 24.9 Å². The predicted octanol–water partition coefficient (Wildman–Crippen LogP) is 0.0668. The molecule has 0 bridgehead atoms. The van der Waals surface area contributed by atoms with Gasteiger partial charge in [-0.1, -0.05) is 20.8 Å². The number of aliphatic hydroxyl groups excluding tert-OH is 3. The van der Waals surface area contributed by atoms with Crippen LogP contribution < -0.4 is 0 Å². The molecule has 0 saturated carbocycles. The molecule has 16 heavy (non-hydrogen) atoms. The van der Waals surface area contributed by atoms with Gasteiger partial charge in [0.1, 0.15) is 6.10 Å². The summed E-state index contributed by atoms with van der Waals surface area (Å²) in [6.45, 7) is 6.41. The normalized spacial score (nSPS) is 19.0. The second-order valence-corrected chi connectivity index (χ2v) is 4.26. The van der Waals surface area contributed by atoms with Gasteiger partial charge in [-0.05, 0) is 13.3 Å². The van der Waals surface area contributed by atoms with Gasteiger partial charge in [0.25, 0.3) is 0 Å². The molecule has 96 valence electrons. The van der Waals surface area contributed by atoms with Gasteiger partial charge in [0.2, 0.25) is 0 Å². The van der Waals surface area contributed by atoms with Crippen molar-refractivity contribution in [2.45, 2.75) is 58.5 Å². The number of carbonyl (C=O) groups is 1. The molecule has 0 radical (unpaired) electrons. The molecule has 0 aromatic carbocycles. The zero-order valence-corrected chi connectivity index (χ0v) is 10.3. The van der Waals surface area contributed by atoms with Crippen molar-refractivity contribution in [3.63, 3.8) is 0 Å². The smallest absolute Gasteiger partial charge is 0.308 e. The van der Waals surface area contributed by atoms with Gasteiger partial charge in [-0.3, -0.25) is 4.79 Å². The molecule has 0 spiro atoms. The highest BCUT2D eigenvalue weighted by molar-refractivity contribution is 5.71. The van der Waals surface area contributed by atoms with E-state index in [4.69, 9.17) is 4.74 Å². The molecular formula is C11H22O5. The number of rotatable bonds is 6. The summed E-state index contributed by atoms with van der Waals surface area (Å²) in [7, 11) is 0. The average Bonchev–Trinajstić information content (AvgIpc) is 2.22. The highest BCUT2D eigenvalue weighted by Gasteiger charge is 2.32. The van der Waals surface area contributed by atoms with E-state index in [1.165, 1.54) is 6.92 Å². The Balaban J connectivity index is 4.55. The number of hydrogen-bond acceptors (Lipinski definition) is 5. The Labute approximate surface area is 96.0 Å². The molecule has 0 aliphatic rings. The minimum Gasteiger partial charge on any atom is -0.457 e. The first-order valence-electron chi connectivity index (χ1n) is 5.55. The van der Waals surface area contributed by atoms with Crippen LogP contribution in [0.5, 0.6) is 0 Å². The molecule has 0 aliphatic carbocycles. The number of ether oxygens (including phenoxy) is 1. The lowest BCUT2D eigenvalue weighted by Gasteiger charge is -2.28. The molecule has 0 heterocycles. The molecule has 4 unspecified atom stereocenters. The number of esters is 1. The van der Waals surface area contributed by atoms with Gasteiger partial charge in [-0.2, -0.15) is 0 Å². The van der Waals surface area contributed by atoms with E-state index in [9.17, 15) is 20.1 Å². The van der Waals surface area contributed by atoms with E-state index in [1.54, 1.807) is 20.8 Å². The van der Waals surface area contributed by atoms with Gasteiger partial charge in [-0.15, -0.1) is 0 Å². The Kier molecular flexibility index (Phi) is 6.55. The quantitative estimate of drug-likeness (QED) is 0.566. The van der Waals surface area contributed by atoms with Gasteiger partial charge in [0, 0.05) is 0 Å². The van der Waals surface area contributed by atoms with E-state index in [0.717, 1.165) is 0 Å². The molecule has 0 aliphatic heterocycles. The minimum atomic E-state index is -1.27. The van der Waals surface area contributed by atoms with Gasteiger partial charge in [0.15, 0.2) is 6.10 Å². The summed E-state index contributed by atoms with van der Waals surface area (Å²) in [6.07, 6.45) is -4.08. The molecule has 0 fully saturated rings. The van der Waals surface area contributed by atoms with Crippen LogP contribution in [0.15, 0.2) is 0 Å². The number of carbonyl (C=O) groups excluding carboxylic acids is 1. The topological polar surface area (TPSA) is 87.0 Å². The molecule has 0 aromatic heterocycles. The first-order chi connectivity index (χ1) is 7.31. The first-order valence-corrected chi connectivity index (χ1v) is 5.55. The lowest BCUT2D eigenvalue weighted by Crippen LogP contribution is -2.46. The van der Waals surface area contributed by atoms with Crippen LogP contribution in [0.2, 0.25) is 0 Å². The summed E-state index contributed by atoms with van der Waals surface area (Å²) < 4.78 is 4.96. The highest BCUT2D eigenvalue weighted by atomic mass is 16.6. The SMILES string of the molecule is CCC(O)C(O)C(OC(=O)C(C)C)C(C)O. The van der Waals surface area contributed by atoms with Gasteiger partial charge < -0.3 is 20.1 Å². The van der Waals surface area contributed by atoms with E-state index in [1.807, 2.05) is 0 Å². The second kappa shape index (κ2) is 6.83.